The second-order valence-corrected chi connectivity index (χ2v) is 8.40. The predicted molar refractivity (Wildman–Crippen MR) is 106 cm³/mol. The highest BCUT2D eigenvalue weighted by molar-refractivity contribution is 7.89. The fourth-order valence-corrected chi connectivity index (χ4v) is 3.65. The smallest absolute Gasteiger partial charge is 0.354 e. The van der Waals surface area contributed by atoms with Crippen molar-refractivity contribution >= 4 is 27.6 Å². The molecule has 1 aromatic heterocycles. The third kappa shape index (κ3) is 5.43. The van der Waals surface area contributed by atoms with Gasteiger partial charge in [-0.05, 0) is 29.7 Å². The number of nitrogens with zero attached hydrogens (tertiary/aromatic N) is 1. The number of aromatic nitrogens is 1. The summed E-state index contributed by atoms with van der Waals surface area (Å²) in [5.41, 5.74) is 1.94. The standard InChI is InChI=1S/C19H25N3O5S/c1-13(2)14-5-7-15(8-6-14)21-18(23)9-10-20-28(25,26)16-11-17(19(24)27-4)22(3)12-16/h5-8,11-13,20H,9-10H2,1-4H3,(H,21,23). The van der Waals surface area contributed by atoms with E-state index in [2.05, 4.69) is 28.6 Å². The van der Waals surface area contributed by atoms with E-state index in [0.717, 1.165) is 0 Å². The molecule has 1 aromatic carbocycles. The Morgan fingerprint density at radius 2 is 1.82 bits per heavy atom. The first-order valence-electron chi connectivity index (χ1n) is 8.78. The number of ether oxygens (including phenoxy) is 1. The van der Waals surface area contributed by atoms with E-state index in [4.69, 9.17) is 0 Å². The van der Waals surface area contributed by atoms with Gasteiger partial charge in [-0.3, -0.25) is 4.79 Å². The van der Waals surface area contributed by atoms with E-state index < -0.39 is 16.0 Å². The van der Waals surface area contributed by atoms with Crippen LogP contribution in [0.15, 0.2) is 41.4 Å². The number of benzene rings is 1. The molecule has 0 fully saturated rings. The highest BCUT2D eigenvalue weighted by Crippen LogP contribution is 2.17. The zero-order valence-corrected chi connectivity index (χ0v) is 17.2. The van der Waals surface area contributed by atoms with Crippen LogP contribution < -0.4 is 10.0 Å². The van der Waals surface area contributed by atoms with Crippen molar-refractivity contribution < 1.29 is 22.7 Å². The molecule has 2 rings (SSSR count). The summed E-state index contributed by atoms with van der Waals surface area (Å²) < 4.78 is 33.0. The van der Waals surface area contributed by atoms with Gasteiger partial charge in [-0.25, -0.2) is 17.9 Å². The van der Waals surface area contributed by atoms with Gasteiger partial charge >= 0.3 is 5.97 Å². The molecule has 0 aliphatic rings. The van der Waals surface area contributed by atoms with Crippen LogP contribution in [0.2, 0.25) is 0 Å². The van der Waals surface area contributed by atoms with E-state index in [-0.39, 0.29) is 29.5 Å². The Kier molecular flexibility index (Phi) is 6.98. The highest BCUT2D eigenvalue weighted by atomic mass is 32.2. The van der Waals surface area contributed by atoms with Gasteiger partial charge in [-0.2, -0.15) is 0 Å². The Morgan fingerprint density at radius 1 is 1.18 bits per heavy atom. The summed E-state index contributed by atoms with van der Waals surface area (Å²) in [4.78, 5) is 23.6. The number of amides is 1. The molecule has 0 atom stereocenters. The first-order chi connectivity index (χ1) is 13.1. The number of sulfonamides is 1. The number of carbonyl (C=O) groups is 2. The normalized spacial score (nSPS) is 11.5. The molecule has 9 heteroatoms. The number of hydrogen-bond acceptors (Lipinski definition) is 5. The monoisotopic (exact) mass is 407 g/mol. The minimum absolute atomic E-state index is 0.0259. The second kappa shape index (κ2) is 9.03. The third-order valence-corrected chi connectivity index (χ3v) is 5.62. The molecular weight excluding hydrogens is 382 g/mol. The molecule has 0 saturated carbocycles. The second-order valence-electron chi connectivity index (χ2n) is 6.64. The van der Waals surface area contributed by atoms with Gasteiger partial charge in [0.25, 0.3) is 0 Å². The topological polar surface area (TPSA) is 106 Å². The lowest BCUT2D eigenvalue weighted by Gasteiger charge is -2.09. The van der Waals surface area contributed by atoms with Gasteiger partial charge in [0.15, 0.2) is 0 Å². The minimum Gasteiger partial charge on any atom is -0.464 e. The van der Waals surface area contributed by atoms with Gasteiger partial charge in [0.05, 0.1) is 7.11 Å². The average Bonchev–Trinajstić information content (AvgIpc) is 3.04. The SMILES string of the molecule is COC(=O)c1cc(S(=O)(=O)NCCC(=O)Nc2ccc(C(C)C)cc2)cn1C. The number of hydrogen-bond donors (Lipinski definition) is 2. The maximum absolute atomic E-state index is 12.3. The fourth-order valence-electron chi connectivity index (χ4n) is 2.55. The molecule has 0 unspecified atom stereocenters. The van der Waals surface area contributed by atoms with Crippen LogP contribution in [-0.2, 0) is 26.6 Å². The van der Waals surface area contributed by atoms with Crippen LogP contribution in [0.5, 0.6) is 0 Å². The summed E-state index contributed by atoms with van der Waals surface area (Å²) in [5, 5.41) is 2.73. The maximum Gasteiger partial charge on any atom is 0.354 e. The van der Waals surface area contributed by atoms with Crippen LogP contribution in [0.1, 0.15) is 42.2 Å². The third-order valence-electron chi connectivity index (χ3n) is 4.19. The van der Waals surface area contributed by atoms with Gasteiger partial charge in [-0.15, -0.1) is 0 Å². The largest absolute Gasteiger partial charge is 0.464 e. The van der Waals surface area contributed by atoms with Crippen LogP contribution in [0.25, 0.3) is 0 Å². The molecule has 0 saturated heterocycles. The van der Waals surface area contributed by atoms with E-state index in [0.29, 0.717) is 11.6 Å². The Morgan fingerprint density at radius 3 is 2.39 bits per heavy atom. The number of esters is 1. The highest BCUT2D eigenvalue weighted by Gasteiger charge is 2.20. The van der Waals surface area contributed by atoms with Crippen molar-refractivity contribution in [1.82, 2.24) is 9.29 Å². The number of methoxy groups -OCH3 is 1. The first kappa shape index (κ1) is 21.6. The van der Waals surface area contributed by atoms with E-state index in [1.54, 1.807) is 7.05 Å². The quantitative estimate of drug-likeness (QED) is 0.653. The van der Waals surface area contributed by atoms with Crippen molar-refractivity contribution in [3.05, 3.63) is 47.8 Å². The van der Waals surface area contributed by atoms with Gasteiger partial charge in [0.2, 0.25) is 15.9 Å². The Labute approximate surface area is 164 Å². The molecule has 2 aromatic rings. The van der Waals surface area contributed by atoms with Crippen molar-refractivity contribution in [3.63, 3.8) is 0 Å². The van der Waals surface area contributed by atoms with Crippen molar-refractivity contribution in [2.24, 2.45) is 7.05 Å². The number of aryl methyl sites for hydroxylation is 1. The molecule has 1 heterocycles. The molecule has 0 spiro atoms. The summed E-state index contributed by atoms with van der Waals surface area (Å²) in [5.74, 6) is -0.535. The minimum atomic E-state index is -3.85. The van der Waals surface area contributed by atoms with Gasteiger partial charge in [-0.1, -0.05) is 26.0 Å². The zero-order chi connectivity index (χ0) is 20.9. The molecule has 1 amide bonds. The summed E-state index contributed by atoms with van der Waals surface area (Å²) >= 11 is 0. The summed E-state index contributed by atoms with van der Waals surface area (Å²) in [6.45, 7) is 4.10. The molecule has 28 heavy (non-hydrogen) atoms. The van der Waals surface area contributed by atoms with Crippen molar-refractivity contribution in [2.45, 2.75) is 31.1 Å². The van der Waals surface area contributed by atoms with Crippen molar-refractivity contribution in [2.75, 3.05) is 19.0 Å². The summed E-state index contributed by atoms with van der Waals surface area (Å²) in [6.07, 6.45) is 1.28. The van der Waals surface area contributed by atoms with Crippen molar-refractivity contribution in [1.29, 1.82) is 0 Å². The van der Waals surface area contributed by atoms with E-state index in [9.17, 15) is 18.0 Å². The Balaban J connectivity index is 1.91. The lowest BCUT2D eigenvalue weighted by atomic mass is 10.0. The van der Waals surface area contributed by atoms with Gasteiger partial charge in [0.1, 0.15) is 10.6 Å². The Hall–Kier alpha value is -2.65. The van der Waals surface area contributed by atoms with E-state index in [1.807, 2.05) is 24.3 Å². The molecule has 0 radical (unpaired) electrons. The maximum atomic E-state index is 12.3. The van der Waals surface area contributed by atoms with Crippen LogP contribution in [-0.4, -0.2) is 38.5 Å². The molecule has 152 valence electrons. The lowest BCUT2D eigenvalue weighted by molar-refractivity contribution is -0.116. The van der Waals surface area contributed by atoms with E-state index in [1.165, 1.54) is 29.5 Å². The predicted octanol–water partition coefficient (Wildman–Crippen LogP) is 2.24. The Bertz CT molecular complexity index is 946. The number of rotatable bonds is 8. The van der Waals surface area contributed by atoms with Crippen LogP contribution in [0.3, 0.4) is 0 Å². The number of anilines is 1. The molecule has 0 bridgehead atoms. The van der Waals surface area contributed by atoms with E-state index >= 15 is 0 Å². The van der Waals surface area contributed by atoms with Crippen LogP contribution >= 0.6 is 0 Å². The molecular formula is C19H25N3O5S. The fraction of sp³-hybridized carbons (Fsp3) is 0.368. The molecule has 0 aliphatic carbocycles. The number of carbonyl (C=O) groups excluding carboxylic acids is 2. The van der Waals surface area contributed by atoms with Gasteiger partial charge in [0, 0.05) is 31.9 Å². The average molecular weight is 407 g/mol. The lowest BCUT2D eigenvalue weighted by Crippen LogP contribution is -2.27. The summed E-state index contributed by atoms with van der Waals surface area (Å²) in [6, 6.07) is 8.74. The van der Waals surface area contributed by atoms with Crippen LogP contribution in [0, 0.1) is 0 Å². The van der Waals surface area contributed by atoms with Crippen molar-refractivity contribution in [3.8, 4) is 0 Å². The number of nitrogens with one attached hydrogen (secondary N) is 2. The first-order valence-corrected chi connectivity index (χ1v) is 10.3. The molecule has 8 nitrogen and oxygen atoms in total. The molecule has 0 aliphatic heterocycles. The van der Waals surface area contributed by atoms with Crippen LogP contribution in [0.4, 0.5) is 5.69 Å². The van der Waals surface area contributed by atoms with Gasteiger partial charge < -0.3 is 14.6 Å². The zero-order valence-electron chi connectivity index (χ0n) is 16.4. The molecule has 2 N–H and O–H groups in total. The summed E-state index contributed by atoms with van der Waals surface area (Å²) in [7, 11) is -1.08.